The fraction of sp³-hybridized carbons (Fsp3) is 0.476. The van der Waals surface area contributed by atoms with Gasteiger partial charge >= 0.3 is 0 Å². The molecule has 174 valence electrons. The maximum absolute atomic E-state index is 12.3. The number of anilines is 1. The molecule has 1 aliphatic rings. The number of nitrogens with one attached hydrogen (secondary N) is 3. The zero-order chi connectivity index (χ0) is 20.5. The van der Waals surface area contributed by atoms with Crippen LogP contribution >= 0.6 is 24.8 Å². The molecule has 1 heterocycles. The number of hydrogen-bond acceptors (Lipinski definition) is 5. The fourth-order valence-corrected chi connectivity index (χ4v) is 4.71. The Balaban J connectivity index is 0.00000240. The van der Waals surface area contributed by atoms with E-state index in [4.69, 9.17) is 0 Å². The van der Waals surface area contributed by atoms with Crippen LogP contribution in [0.1, 0.15) is 49.3 Å². The summed E-state index contributed by atoms with van der Waals surface area (Å²) in [5.41, 5.74) is 2.44. The normalized spacial score (nSPS) is 15.4. The first-order valence-corrected chi connectivity index (χ1v) is 11.7. The lowest BCUT2D eigenvalue weighted by Gasteiger charge is -2.22. The van der Waals surface area contributed by atoms with Crippen LogP contribution in [0.15, 0.2) is 48.8 Å². The zero-order valence-electron chi connectivity index (χ0n) is 17.4. The number of halogens is 2. The average molecular weight is 491 g/mol. The van der Waals surface area contributed by atoms with E-state index in [1.807, 2.05) is 18.2 Å². The van der Waals surface area contributed by atoms with Gasteiger partial charge in [-0.1, -0.05) is 37.5 Å². The van der Waals surface area contributed by atoms with Gasteiger partial charge < -0.3 is 10.4 Å². The van der Waals surface area contributed by atoms with Crippen LogP contribution in [0.5, 0.6) is 0 Å². The van der Waals surface area contributed by atoms with Crippen LogP contribution < -0.4 is 14.8 Å². The van der Waals surface area contributed by atoms with Gasteiger partial charge in [0.25, 0.3) is 10.2 Å². The summed E-state index contributed by atoms with van der Waals surface area (Å²) in [6.45, 7) is 1.17. The number of aromatic nitrogens is 1. The summed E-state index contributed by atoms with van der Waals surface area (Å²) < 4.78 is 29.9. The van der Waals surface area contributed by atoms with Gasteiger partial charge in [0.15, 0.2) is 0 Å². The molecule has 0 bridgehead atoms. The van der Waals surface area contributed by atoms with Gasteiger partial charge in [-0.05, 0) is 49.6 Å². The summed E-state index contributed by atoms with van der Waals surface area (Å²) in [5, 5.41) is 13.3. The predicted molar refractivity (Wildman–Crippen MR) is 129 cm³/mol. The number of aliphatic hydroxyl groups is 1. The Hall–Kier alpha value is -1.42. The highest BCUT2D eigenvalue weighted by Crippen LogP contribution is 2.19. The first-order chi connectivity index (χ1) is 14.0. The molecule has 1 saturated carbocycles. The van der Waals surface area contributed by atoms with E-state index in [1.165, 1.54) is 6.42 Å². The topological polar surface area (TPSA) is 103 Å². The molecular weight excluding hydrogens is 459 g/mol. The lowest BCUT2D eigenvalue weighted by Crippen LogP contribution is -2.39. The van der Waals surface area contributed by atoms with Gasteiger partial charge in [0.1, 0.15) is 0 Å². The Labute approximate surface area is 197 Å². The summed E-state index contributed by atoms with van der Waals surface area (Å²) in [6.07, 6.45) is 8.69. The van der Waals surface area contributed by atoms with E-state index in [0.29, 0.717) is 18.8 Å². The van der Waals surface area contributed by atoms with E-state index in [1.54, 1.807) is 30.6 Å². The van der Waals surface area contributed by atoms with Crippen molar-refractivity contribution in [1.29, 1.82) is 0 Å². The van der Waals surface area contributed by atoms with Gasteiger partial charge in [0.2, 0.25) is 0 Å². The molecule has 1 aromatic carbocycles. The highest BCUT2D eigenvalue weighted by molar-refractivity contribution is 7.90. The maximum Gasteiger partial charge on any atom is 0.299 e. The maximum atomic E-state index is 12.3. The first-order valence-electron chi connectivity index (χ1n) is 10.2. The highest BCUT2D eigenvalue weighted by Gasteiger charge is 2.19. The summed E-state index contributed by atoms with van der Waals surface area (Å²) in [5.74, 6) is 0. The Morgan fingerprint density at radius 1 is 1.06 bits per heavy atom. The van der Waals surface area contributed by atoms with Gasteiger partial charge in [-0.25, -0.2) is 0 Å². The van der Waals surface area contributed by atoms with Crippen LogP contribution in [-0.2, 0) is 16.6 Å². The number of pyridine rings is 1. The molecule has 3 rings (SSSR count). The summed E-state index contributed by atoms with van der Waals surface area (Å²) in [7, 11) is -3.55. The van der Waals surface area contributed by atoms with Gasteiger partial charge in [-0.3, -0.25) is 9.71 Å². The second-order valence-electron chi connectivity index (χ2n) is 7.51. The molecule has 1 aromatic heterocycles. The molecule has 2 aromatic rings. The SMILES string of the molecule is Cl.Cl.O=S(=O)(Nc1ccc(CCNC[C@H](O)c2cccnc2)cc1)NC1CCCCC1. The van der Waals surface area contributed by atoms with E-state index >= 15 is 0 Å². The van der Waals surface area contributed by atoms with Crippen LogP contribution in [0.25, 0.3) is 0 Å². The lowest BCUT2D eigenvalue weighted by molar-refractivity contribution is 0.174. The minimum atomic E-state index is -3.55. The Morgan fingerprint density at radius 2 is 1.77 bits per heavy atom. The number of hydrogen-bond donors (Lipinski definition) is 4. The summed E-state index contributed by atoms with van der Waals surface area (Å²) in [6, 6.07) is 11.1. The van der Waals surface area contributed by atoms with Crippen molar-refractivity contribution in [2.75, 3.05) is 17.8 Å². The average Bonchev–Trinajstić information content (AvgIpc) is 2.73. The molecular formula is C21H32Cl2N4O3S. The van der Waals surface area contributed by atoms with Crippen molar-refractivity contribution in [2.45, 2.75) is 50.7 Å². The Morgan fingerprint density at radius 3 is 2.42 bits per heavy atom. The number of aliphatic hydroxyl groups excluding tert-OH is 1. The Kier molecular flexibility index (Phi) is 12.4. The molecule has 7 nitrogen and oxygen atoms in total. The van der Waals surface area contributed by atoms with Gasteiger partial charge in [0.05, 0.1) is 6.10 Å². The molecule has 4 N–H and O–H groups in total. The quantitative estimate of drug-likeness (QED) is 0.382. The number of rotatable bonds is 10. The van der Waals surface area contributed by atoms with Crippen LogP contribution in [0, 0.1) is 0 Å². The molecule has 1 fully saturated rings. The van der Waals surface area contributed by atoms with Crippen molar-refractivity contribution in [2.24, 2.45) is 0 Å². The monoisotopic (exact) mass is 490 g/mol. The molecule has 0 amide bonds. The van der Waals surface area contributed by atoms with Crippen molar-refractivity contribution < 1.29 is 13.5 Å². The van der Waals surface area contributed by atoms with E-state index in [2.05, 4.69) is 19.7 Å². The zero-order valence-corrected chi connectivity index (χ0v) is 19.8. The van der Waals surface area contributed by atoms with Crippen molar-refractivity contribution in [3.8, 4) is 0 Å². The molecule has 1 atom stereocenters. The number of nitrogens with zero attached hydrogens (tertiary/aromatic N) is 1. The minimum Gasteiger partial charge on any atom is -0.387 e. The molecule has 0 spiro atoms. The highest BCUT2D eigenvalue weighted by atomic mass is 35.5. The lowest BCUT2D eigenvalue weighted by atomic mass is 9.96. The molecule has 0 saturated heterocycles. The van der Waals surface area contributed by atoms with Crippen molar-refractivity contribution in [3.63, 3.8) is 0 Å². The van der Waals surface area contributed by atoms with Gasteiger partial charge in [0, 0.05) is 36.2 Å². The third-order valence-corrected chi connectivity index (χ3v) is 6.28. The summed E-state index contributed by atoms with van der Waals surface area (Å²) >= 11 is 0. The third kappa shape index (κ3) is 9.72. The summed E-state index contributed by atoms with van der Waals surface area (Å²) in [4.78, 5) is 4.01. The van der Waals surface area contributed by atoms with Crippen LogP contribution in [0.3, 0.4) is 0 Å². The smallest absolute Gasteiger partial charge is 0.299 e. The second-order valence-corrected chi connectivity index (χ2v) is 8.96. The van der Waals surface area contributed by atoms with Crippen molar-refractivity contribution >= 4 is 40.7 Å². The Bertz CT molecular complexity index is 849. The third-order valence-electron chi connectivity index (χ3n) is 5.13. The van der Waals surface area contributed by atoms with E-state index in [0.717, 1.165) is 43.2 Å². The van der Waals surface area contributed by atoms with E-state index < -0.39 is 16.3 Å². The van der Waals surface area contributed by atoms with Gasteiger partial charge in [-0.2, -0.15) is 13.1 Å². The second kappa shape index (κ2) is 13.9. The van der Waals surface area contributed by atoms with Crippen LogP contribution in [0.4, 0.5) is 5.69 Å². The largest absolute Gasteiger partial charge is 0.387 e. The first kappa shape index (κ1) is 27.6. The predicted octanol–water partition coefficient (Wildman–Crippen LogP) is 3.37. The molecule has 1 aliphatic carbocycles. The molecule has 0 radical (unpaired) electrons. The van der Waals surface area contributed by atoms with Gasteiger partial charge in [-0.15, -0.1) is 24.8 Å². The minimum absolute atomic E-state index is 0. The van der Waals surface area contributed by atoms with Crippen molar-refractivity contribution in [3.05, 3.63) is 59.9 Å². The molecule has 0 aliphatic heterocycles. The van der Waals surface area contributed by atoms with E-state index in [9.17, 15) is 13.5 Å². The van der Waals surface area contributed by atoms with E-state index in [-0.39, 0.29) is 30.9 Å². The molecule has 31 heavy (non-hydrogen) atoms. The molecule has 10 heteroatoms. The van der Waals surface area contributed by atoms with Crippen LogP contribution in [0.2, 0.25) is 0 Å². The number of benzene rings is 1. The van der Waals surface area contributed by atoms with Crippen molar-refractivity contribution in [1.82, 2.24) is 15.0 Å². The standard InChI is InChI=1S/C21H30N4O3S.2ClH/c26-21(18-5-4-13-22-15-18)16-23-14-12-17-8-10-20(11-9-17)25-29(27,28)24-19-6-2-1-3-7-19;;/h4-5,8-11,13,15,19,21,23-26H,1-3,6-7,12,14,16H2;2*1H/t21-;;/m0../s1. The van der Waals surface area contributed by atoms with Crippen LogP contribution in [-0.4, -0.2) is 37.6 Å². The fourth-order valence-electron chi connectivity index (χ4n) is 3.53. The molecule has 0 unspecified atom stereocenters.